The number of halogens is 1. The van der Waals surface area contributed by atoms with E-state index in [1.54, 1.807) is 18.4 Å². The SMILES string of the molecule is CC(C)(C)NCc1coc(COc2ccc(F)cc2)c1. The molecule has 0 saturated carbocycles. The van der Waals surface area contributed by atoms with E-state index in [1.165, 1.54) is 12.1 Å². The molecule has 0 aliphatic heterocycles. The first-order chi connectivity index (χ1) is 9.42. The molecule has 0 spiro atoms. The van der Waals surface area contributed by atoms with Gasteiger partial charge >= 0.3 is 0 Å². The van der Waals surface area contributed by atoms with Crippen molar-refractivity contribution in [1.82, 2.24) is 5.32 Å². The van der Waals surface area contributed by atoms with E-state index in [0.29, 0.717) is 12.4 Å². The Morgan fingerprint density at radius 1 is 1.20 bits per heavy atom. The maximum absolute atomic E-state index is 12.8. The van der Waals surface area contributed by atoms with Gasteiger partial charge in [-0.1, -0.05) is 0 Å². The lowest BCUT2D eigenvalue weighted by molar-refractivity contribution is 0.270. The minimum Gasteiger partial charge on any atom is -0.486 e. The highest BCUT2D eigenvalue weighted by Gasteiger charge is 2.10. The van der Waals surface area contributed by atoms with Crippen LogP contribution in [0.1, 0.15) is 32.1 Å². The van der Waals surface area contributed by atoms with E-state index in [9.17, 15) is 4.39 Å². The van der Waals surface area contributed by atoms with Gasteiger partial charge in [0.1, 0.15) is 23.9 Å². The van der Waals surface area contributed by atoms with Gasteiger partial charge < -0.3 is 14.5 Å². The second-order valence-corrected chi connectivity index (χ2v) is 5.77. The van der Waals surface area contributed by atoms with Gasteiger partial charge in [-0.15, -0.1) is 0 Å². The van der Waals surface area contributed by atoms with Gasteiger partial charge in [0.2, 0.25) is 0 Å². The van der Waals surface area contributed by atoms with Crippen molar-refractivity contribution >= 4 is 0 Å². The van der Waals surface area contributed by atoms with Crippen LogP contribution in [0.5, 0.6) is 5.75 Å². The summed E-state index contributed by atoms with van der Waals surface area (Å²) < 4.78 is 23.7. The van der Waals surface area contributed by atoms with Crippen molar-refractivity contribution in [2.75, 3.05) is 0 Å². The Balaban J connectivity index is 1.85. The van der Waals surface area contributed by atoms with Gasteiger partial charge in [0, 0.05) is 17.6 Å². The van der Waals surface area contributed by atoms with Crippen molar-refractivity contribution in [3.8, 4) is 5.75 Å². The smallest absolute Gasteiger partial charge is 0.146 e. The minimum absolute atomic E-state index is 0.0715. The lowest BCUT2D eigenvalue weighted by Crippen LogP contribution is -2.34. The molecule has 3 nitrogen and oxygen atoms in total. The Kier molecular flexibility index (Phi) is 4.45. The van der Waals surface area contributed by atoms with Crippen LogP contribution in [0.25, 0.3) is 0 Å². The second kappa shape index (κ2) is 6.09. The molecule has 0 unspecified atom stereocenters. The molecule has 2 rings (SSSR count). The Hall–Kier alpha value is -1.81. The Bertz CT molecular complexity index is 540. The molecular formula is C16H20FNO2. The highest BCUT2D eigenvalue weighted by molar-refractivity contribution is 5.22. The summed E-state index contributed by atoms with van der Waals surface area (Å²) in [4.78, 5) is 0. The summed E-state index contributed by atoms with van der Waals surface area (Å²) in [6.07, 6.45) is 1.72. The minimum atomic E-state index is -0.272. The average molecular weight is 277 g/mol. The van der Waals surface area contributed by atoms with Gasteiger partial charge in [0.05, 0.1) is 6.26 Å². The van der Waals surface area contributed by atoms with Crippen molar-refractivity contribution in [2.24, 2.45) is 0 Å². The van der Waals surface area contributed by atoms with Crippen LogP contribution in [0, 0.1) is 5.82 Å². The quantitative estimate of drug-likeness (QED) is 0.900. The Labute approximate surface area is 118 Å². The van der Waals surface area contributed by atoms with Gasteiger partial charge in [-0.3, -0.25) is 0 Å². The molecule has 20 heavy (non-hydrogen) atoms. The molecule has 1 heterocycles. The van der Waals surface area contributed by atoms with Crippen LogP contribution in [-0.2, 0) is 13.2 Å². The average Bonchev–Trinajstić information content (AvgIpc) is 2.83. The summed E-state index contributed by atoms with van der Waals surface area (Å²) in [5, 5.41) is 3.39. The van der Waals surface area contributed by atoms with Crippen molar-refractivity contribution in [3.05, 3.63) is 53.7 Å². The summed E-state index contributed by atoms with van der Waals surface area (Å²) in [7, 11) is 0. The zero-order valence-electron chi connectivity index (χ0n) is 12.1. The van der Waals surface area contributed by atoms with Crippen LogP contribution in [0.2, 0.25) is 0 Å². The van der Waals surface area contributed by atoms with Gasteiger partial charge in [-0.05, 0) is 51.1 Å². The Morgan fingerprint density at radius 2 is 1.90 bits per heavy atom. The zero-order chi connectivity index (χ0) is 14.6. The second-order valence-electron chi connectivity index (χ2n) is 5.77. The predicted molar refractivity (Wildman–Crippen MR) is 76.0 cm³/mol. The summed E-state index contributed by atoms with van der Waals surface area (Å²) >= 11 is 0. The normalized spacial score (nSPS) is 11.6. The van der Waals surface area contributed by atoms with Crippen molar-refractivity contribution in [1.29, 1.82) is 0 Å². The summed E-state index contributed by atoms with van der Waals surface area (Å²) in [5.74, 6) is 1.10. The molecule has 0 aliphatic carbocycles. The van der Waals surface area contributed by atoms with E-state index < -0.39 is 0 Å². The van der Waals surface area contributed by atoms with Gasteiger partial charge in [-0.25, -0.2) is 4.39 Å². The molecule has 0 atom stereocenters. The molecule has 108 valence electrons. The third kappa shape index (κ3) is 4.70. The van der Waals surface area contributed by atoms with Gasteiger partial charge in [-0.2, -0.15) is 0 Å². The molecule has 0 bridgehead atoms. The number of hydrogen-bond acceptors (Lipinski definition) is 3. The monoisotopic (exact) mass is 277 g/mol. The van der Waals surface area contributed by atoms with E-state index in [1.807, 2.05) is 6.07 Å². The summed E-state index contributed by atoms with van der Waals surface area (Å²) in [6.45, 7) is 7.44. The molecule has 1 N–H and O–H groups in total. The largest absolute Gasteiger partial charge is 0.486 e. The third-order valence-corrected chi connectivity index (χ3v) is 2.73. The molecule has 0 amide bonds. The van der Waals surface area contributed by atoms with Crippen molar-refractivity contribution in [2.45, 2.75) is 39.5 Å². The highest BCUT2D eigenvalue weighted by atomic mass is 19.1. The van der Waals surface area contributed by atoms with Crippen LogP contribution in [-0.4, -0.2) is 5.54 Å². The van der Waals surface area contributed by atoms with E-state index >= 15 is 0 Å². The maximum Gasteiger partial charge on any atom is 0.146 e. The lowest BCUT2D eigenvalue weighted by atomic mass is 10.1. The molecule has 0 radical (unpaired) electrons. The number of furan rings is 1. The molecule has 0 aliphatic rings. The molecule has 1 aromatic carbocycles. The molecule has 1 aromatic heterocycles. The molecule has 0 saturated heterocycles. The van der Waals surface area contributed by atoms with Crippen LogP contribution in [0.3, 0.4) is 0 Å². The highest BCUT2D eigenvalue weighted by Crippen LogP contribution is 2.15. The van der Waals surface area contributed by atoms with Crippen molar-refractivity contribution < 1.29 is 13.5 Å². The number of hydrogen-bond donors (Lipinski definition) is 1. The molecule has 4 heteroatoms. The van der Waals surface area contributed by atoms with E-state index in [2.05, 4.69) is 26.1 Å². The number of benzene rings is 1. The fourth-order valence-electron chi connectivity index (χ4n) is 1.65. The predicted octanol–water partition coefficient (Wildman–Crippen LogP) is 3.89. The third-order valence-electron chi connectivity index (χ3n) is 2.73. The standard InChI is InChI=1S/C16H20FNO2/c1-16(2,3)18-9-12-8-15(19-10-12)11-20-14-6-4-13(17)5-7-14/h4-8,10,18H,9,11H2,1-3H3. The van der Waals surface area contributed by atoms with Crippen LogP contribution in [0.15, 0.2) is 41.0 Å². The van der Waals surface area contributed by atoms with E-state index in [4.69, 9.17) is 9.15 Å². The first kappa shape index (κ1) is 14.6. The fraction of sp³-hybridized carbons (Fsp3) is 0.375. The van der Waals surface area contributed by atoms with Crippen LogP contribution >= 0.6 is 0 Å². The van der Waals surface area contributed by atoms with E-state index in [-0.39, 0.29) is 11.4 Å². The maximum atomic E-state index is 12.8. The van der Waals surface area contributed by atoms with Crippen molar-refractivity contribution in [3.63, 3.8) is 0 Å². The number of rotatable bonds is 5. The van der Waals surface area contributed by atoms with E-state index in [0.717, 1.165) is 17.9 Å². The number of ether oxygens (including phenoxy) is 1. The molecular weight excluding hydrogens is 257 g/mol. The molecule has 2 aromatic rings. The molecule has 0 fully saturated rings. The first-order valence-corrected chi connectivity index (χ1v) is 6.62. The Morgan fingerprint density at radius 3 is 2.55 bits per heavy atom. The fourth-order valence-corrected chi connectivity index (χ4v) is 1.65. The van der Waals surface area contributed by atoms with Gasteiger partial charge in [0.25, 0.3) is 0 Å². The first-order valence-electron chi connectivity index (χ1n) is 6.62. The summed E-state index contributed by atoms with van der Waals surface area (Å²) in [6, 6.07) is 7.90. The van der Waals surface area contributed by atoms with Crippen LogP contribution in [0.4, 0.5) is 4.39 Å². The lowest BCUT2D eigenvalue weighted by Gasteiger charge is -2.19. The van der Waals surface area contributed by atoms with Crippen LogP contribution < -0.4 is 10.1 Å². The summed E-state index contributed by atoms with van der Waals surface area (Å²) in [5.41, 5.74) is 1.15. The number of nitrogens with one attached hydrogen (secondary N) is 1. The zero-order valence-corrected chi connectivity index (χ0v) is 12.1. The van der Waals surface area contributed by atoms with Gasteiger partial charge in [0.15, 0.2) is 0 Å². The topological polar surface area (TPSA) is 34.4 Å².